The second kappa shape index (κ2) is 14.6. The summed E-state index contributed by atoms with van der Waals surface area (Å²) in [5, 5.41) is 8.52. The molecule has 11 nitrogen and oxygen atoms in total. The molecule has 1 saturated carbocycles. The Balaban J connectivity index is 1.54. The average Bonchev–Trinajstić information content (AvgIpc) is 3.57. The second-order valence-electron chi connectivity index (χ2n) is 13.9. The maximum Gasteiger partial charge on any atom is 0.435 e. The molecule has 15 heteroatoms. The van der Waals surface area contributed by atoms with Crippen molar-refractivity contribution in [2.45, 2.75) is 69.8 Å². The van der Waals surface area contributed by atoms with Crippen LogP contribution in [-0.4, -0.2) is 80.0 Å². The SMILES string of the molecule is CNCCNC(=O)c1c(C(F)(F)F)nn(C)c1C1=CC2=CC(OC)=CCC2=C2C(C3CCCCC3)=C3C=CC(C(=O)NS(=O)(=O)C(C)C)=CC3N2C1. The van der Waals surface area contributed by atoms with E-state index in [1.165, 1.54) is 20.9 Å². The number of allylic oxidation sites excluding steroid dienone is 6. The van der Waals surface area contributed by atoms with Crippen LogP contribution >= 0.6 is 0 Å². The van der Waals surface area contributed by atoms with E-state index in [0.29, 0.717) is 24.3 Å². The van der Waals surface area contributed by atoms with Gasteiger partial charge < -0.3 is 20.3 Å². The molecule has 1 aromatic heterocycles. The van der Waals surface area contributed by atoms with E-state index in [1.807, 2.05) is 24.3 Å². The smallest absolute Gasteiger partial charge is 0.435 e. The van der Waals surface area contributed by atoms with E-state index >= 15 is 0 Å². The van der Waals surface area contributed by atoms with Gasteiger partial charge in [0, 0.05) is 38.0 Å². The molecule has 2 aliphatic heterocycles. The van der Waals surface area contributed by atoms with Gasteiger partial charge in [0.15, 0.2) is 5.69 Å². The number of ether oxygens (including phenoxy) is 1. The molecule has 2 amide bonds. The van der Waals surface area contributed by atoms with Crippen LogP contribution in [-0.2, 0) is 32.8 Å². The summed E-state index contributed by atoms with van der Waals surface area (Å²) in [4.78, 5) is 29.1. The number of methoxy groups -OCH3 is 1. The van der Waals surface area contributed by atoms with Crippen molar-refractivity contribution in [3.63, 3.8) is 0 Å². The van der Waals surface area contributed by atoms with E-state index in [4.69, 9.17) is 4.74 Å². The molecule has 0 spiro atoms. The maximum atomic E-state index is 14.5. The minimum atomic E-state index is -4.91. The van der Waals surface area contributed by atoms with Crippen LogP contribution in [0, 0.1) is 5.92 Å². The van der Waals surface area contributed by atoms with Crippen LogP contribution < -0.4 is 15.4 Å². The molecule has 0 saturated heterocycles. The summed E-state index contributed by atoms with van der Waals surface area (Å²) in [5.41, 5.74) is 3.46. The highest BCUT2D eigenvalue weighted by atomic mass is 32.2. The van der Waals surface area contributed by atoms with Crippen LogP contribution in [0.2, 0.25) is 0 Å². The minimum Gasteiger partial charge on any atom is -0.497 e. The van der Waals surface area contributed by atoms with E-state index in [-0.39, 0.29) is 30.3 Å². The predicted octanol–water partition coefficient (Wildman–Crippen LogP) is 4.81. The molecule has 3 N–H and O–H groups in total. The summed E-state index contributed by atoms with van der Waals surface area (Å²) in [7, 11) is 0.710. The largest absolute Gasteiger partial charge is 0.497 e. The second-order valence-corrected chi connectivity index (χ2v) is 16.2. The number of hydrogen-bond donors (Lipinski definition) is 3. The lowest BCUT2D eigenvalue weighted by atomic mass is 9.78. The molecule has 52 heavy (non-hydrogen) atoms. The molecule has 1 unspecified atom stereocenters. The fourth-order valence-corrected chi connectivity index (χ4v) is 8.31. The first-order valence-electron chi connectivity index (χ1n) is 17.6. The van der Waals surface area contributed by atoms with Crippen molar-refractivity contribution in [3.05, 3.63) is 92.7 Å². The lowest BCUT2D eigenvalue weighted by Crippen LogP contribution is -2.38. The summed E-state index contributed by atoms with van der Waals surface area (Å²) in [6.45, 7) is 3.48. The highest BCUT2D eigenvalue weighted by Gasteiger charge is 2.45. The molecule has 1 atom stereocenters. The van der Waals surface area contributed by atoms with Gasteiger partial charge in [-0.15, -0.1) is 0 Å². The van der Waals surface area contributed by atoms with Crippen molar-refractivity contribution in [2.24, 2.45) is 13.0 Å². The number of carbonyl (C=O) groups excluding carboxylic acids is 2. The van der Waals surface area contributed by atoms with Gasteiger partial charge in [0.25, 0.3) is 11.8 Å². The summed E-state index contributed by atoms with van der Waals surface area (Å²) in [6.07, 6.45) is 11.6. The number of amides is 2. The van der Waals surface area contributed by atoms with E-state index in [9.17, 15) is 31.2 Å². The van der Waals surface area contributed by atoms with Crippen LogP contribution in [0.25, 0.3) is 5.57 Å². The van der Waals surface area contributed by atoms with Crippen LogP contribution in [0.15, 0.2) is 75.8 Å². The third-order valence-electron chi connectivity index (χ3n) is 10.3. The number of halogens is 3. The Morgan fingerprint density at radius 2 is 1.81 bits per heavy atom. The van der Waals surface area contributed by atoms with Crippen molar-refractivity contribution in [3.8, 4) is 0 Å². The van der Waals surface area contributed by atoms with Crippen molar-refractivity contribution < 1.29 is 35.9 Å². The van der Waals surface area contributed by atoms with Crippen molar-refractivity contribution >= 4 is 27.4 Å². The third-order valence-corrected chi connectivity index (χ3v) is 12.0. The molecule has 6 rings (SSSR count). The predicted molar refractivity (Wildman–Crippen MR) is 191 cm³/mol. The van der Waals surface area contributed by atoms with E-state index in [1.54, 1.807) is 26.3 Å². The van der Waals surface area contributed by atoms with Gasteiger partial charge in [0.2, 0.25) is 10.0 Å². The minimum absolute atomic E-state index is 0.0216. The highest BCUT2D eigenvalue weighted by molar-refractivity contribution is 7.90. The molecular formula is C37H45F3N6O5S. The Morgan fingerprint density at radius 3 is 2.46 bits per heavy atom. The molecule has 0 radical (unpaired) electrons. The summed E-state index contributed by atoms with van der Waals surface area (Å²) >= 11 is 0. The van der Waals surface area contributed by atoms with Crippen LogP contribution in [0.4, 0.5) is 13.2 Å². The summed E-state index contributed by atoms with van der Waals surface area (Å²) in [5.74, 6) is -0.857. The quantitative estimate of drug-likeness (QED) is 0.291. The number of sulfonamides is 1. The fraction of sp³-hybridized carbons (Fsp3) is 0.486. The van der Waals surface area contributed by atoms with Crippen LogP contribution in [0.5, 0.6) is 0 Å². The standard InChI is InChI=1S/C37H45F3N6O5S/c1-21(2)52(49,50)44-35(47)23-11-13-28-29(19-23)46-20-25(32-31(36(48)42-16-15-41-3)34(37(38,39)40)43-45(32)4)17-24-18-26(51-5)12-14-27(24)33(46)30(28)22-9-7-6-8-10-22/h11-13,17-19,21-22,29,41H,6-10,14-16,20H2,1-5H3,(H,42,48)(H,44,47). The number of fused-ring (bicyclic) bond motifs is 4. The van der Waals surface area contributed by atoms with Gasteiger partial charge in [-0.3, -0.25) is 14.3 Å². The van der Waals surface area contributed by atoms with Crippen LogP contribution in [0.1, 0.15) is 74.1 Å². The lowest BCUT2D eigenvalue weighted by molar-refractivity contribution is -0.141. The number of alkyl halides is 3. The van der Waals surface area contributed by atoms with Gasteiger partial charge in [0.05, 0.1) is 29.7 Å². The van der Waals surface area contributed by atoms with Crippen molar-refractivity contribution in [1.29, 1.82) is 0 Å². The van der Waals surface area contributed by atoms with Crippen molar-refractivity contribution in [2.75, 3.05) is 33.8 Å². The molecule has 3 aliphatic carbocycles. The Morgan fingerprint density at radius 1 is 1.08 bits per heavy atom. The number of hydrogen-bond acceptors (Lipinski definition) is 8. The Bertz CT molecular complexity index is 1990. The van der Waals surface area contributed by atoms with Gasteiger partial charge >= 0.3 is 6.18 Å². The molecule has 280 valence electrons. The van der Waals surface area contributed by atoms with E-state index in [0.717, 1.165) is 64.8 Å². The van der Waals surface area contributed by atoms with Crippen LogP contribution in [0.3, 0.4) is 0 Å². The van der Waals surface area contributed by atoms with Gasteiger partial charge in [0.1, 0.15) is 5.76 Å². The maximum absolute atomic E-state index is 14.5. The zero-order valence-electron chi connectivity index (χ0n) is 30.0. The zero-order valence-corrected chi connectivity index (χ0v) is 30.8. The first-order chi connectivity index (χ1) is 24.7. The lowest BCUT2D eigenvalue weighted by Gasteiger charge is -2.32. The molecule has 3 heterocycles. The molecule has 1 fully saturated rings. The number of carbonyl (C=O) groups is 2. The van der Waals surface area contributed by atoms with E-state index < -0.39 is 50.6 Å². The first kappa shape index (κ1) is 37.4. The van der Waals surface area contributed by atoms with Crippen molar-refractivity contribution in [1.82, 2.24) is 30.0 Å². The molecular weight excluding hydrogens is 698 g/mol. The Kier molecular flexibility index (Phi) is 10.5. The van der Waals surface area contributed by atoms with Gasteiger partial charge in [-0.05, 0) is 104 Å². The Labute approximate surface area is 302 Å². The molecule has 5 aliphatic rings. The number of nitrogens with zero attached hydrogens (tertiary/aromatic N) is 3. The van der Waals surface area contributed by atoms with Gasteiger partial charge in [-0.25, -0.2) is 13.1 Å². The summed E-state index contributed by atoms with van der Waals surface area (Å²) < 4.78 is 77.8. The number of aryl methyl sites for hydroxylation is 1. The van der Waals surface area contributed by atoms with Gasteiger partial charge in [-0.1, -0.05) is 25.3 Å². The first-order valence-corrected chi connectivity index (χ1v) is 19.1. The normalized spacial score (nSPS) is 20.8. The zero-order chi connectivity index (χ0) is 37.5. The van der Waals surface area contributed by atoms with E-state index in [2.05, 4.69) is 25.4 Å². The molecule has 0 aromatic carbocycles. The monoisotopic (exact) mass is 742 g/mol. The van der Waals surface area contributed by atoms with Gasteiger partial charge in [-0.2, -0.15) is 18.3 Å². The topological polar surface area (TPSA) is 135 Å². The fourth-order valence-electron chi connectivity index (χ4n) is 7.70. The highest BCUT2D eigenvalue weighted by Crippen LogP contribution is 2.51. The average molecular weight is 743 g/mol. The number of likely N-dealkylation sites (N-methyl/N-ethyl adjacent to an activating group) is 1. The molecule has 0 bridgehead atoms. The Hall–Kier alpha value is -4.37. The summed E-state index contributed by atoms with van der Waals surface area (Å²) in [6, 6.07) is -0.536. The number of nitrogens with one attached hydrogen (secondary N) is 3. The third kappa shape index (κ3) is 7.04. The number of aromatic nitrogens is 2. The molecule has 1 aromatic rings. The number of rotatable bonds is 10.